The van der Waals surface area contributed by atoms with Gasteiger partial charge in [-0.15, -0.1) is 0 Å². The van der Waals surface area contributed by atoms with Crippen LogP contribution in [0.4, 0.5) is 0 Å². The summed E-state index contributed by atoms with van der Waals surface area (Å²) < 4.78 is 0. The average Bonchev–Trinajstić information content (AvgIpc) is 2.53. The lowest BCUT2D eigenvalue weighted by molar-refractivity contribution is -0.125. The van der Waals surface area contributed by atoms with Gasteiger partial charge in [-0.05, 0) is 37.3 Å². The van der Waals surface area contributed by atoms with Crippen molar-refractivity contribution in [2.45, 2.75) is 52.4 Å². The third kappa shape index (κ3) is 3.92. The number of aryl methyl sites for hydroxylation is 1. The highest BCUT2D eigenvalue weighted by molar-refractivity contribution is 5.99. The van der Waals surface area contributed by atoms with Gasteiger partial charge >= 0.3 is 0 Å². The number of carbonyl (C=O) groups excluding carboxylic acids is 1. The molecule has 1 saturated carbocycles. The van der Waals surface area contributed by atoms with E-state index in [-0.39, 0.29) is 11.8 Å². The van der Waals surface area contributed by atoms with Crippen molar-refractivity contribution in [2.24, 2.45) is 11.0 Å². The summed E-state index contributed by atoms with van der Waals surface area (Å²) in [6.45, 7) is 4.07. The first kappa shape index (κ1) is 14.8. The first-order chi connectivity index (χ1) is 9.70. The highest BCUT2D eigenvalue weighted by Gasteiger charge is 2.20. The third-order valence-electron chi connectivity index (χ3n) is 4.09. The highest BCUT2D eigenvalue weighted by Crippen LogP contribution is 2.23. The number of hydrazone groups is 1. The molecule has 0 heterocycles. The monoisotopic (exact) mass is 272 g/mol. The van der Waals surface area contributed by atoms with Gasteiger partial charge in [0.1, 0.15) is 0 Å². The van der Waals surface area contributed by atoms with Crippen LogP contribution in [-0.2, 0) is 11.2 Å². The molecule has 2 rings (SSSR count). The summed E-state index contributed by atoms with van der Waals surface area (Å²) in [5, 5.41) is 4.24. The van der Waals surface area contributed by atoms with Crippen molar-refractivity contribution in [1.29, 1.82) is 0 Å². The van der Waals surface area contributed by atoms with Crippen LogP contribution in [0.3, 0.4) is 0 Å². The van der Waals surface area contributed by atoms with Crippen molar-refractivity contribution in [3.63, 3.8) is 0 Å². The Balaban J connectivity index is 1.93. The van der Waals surface area contributed by atoms with E-state index < -0.39 is 0 Å². The molecule has 0 saturated heterocycles. The lowest BCUT2D eigenvalue weighted by Crippen LogP contribution is -2.29. The first-order valence-electron chi connectivity index (χ1n) is 7.64. The van der Waals surface area contributed by atoms with Gasteiger partial charge in [0.25, 0.3) is 0 Å². The molecular formula is C17H24N2O. The van der Waals surface area contributed by atoms with E-state index in [1.165, 1.54) is 24.8 Å². The molecule has 0 spiro atoms. The number of carbonyl (C=O) groups is 1. The Kier molecular flexibility index (Phi) is 5.33. The minimum absolute atomic E-state index is 0.0780. The number of nitrogens with zero attached hydrogens (tertiary/aromatic N) is 1. The van der Waals surface area contributed by atoms with Gasteiger partial charge in [-0.2, -0.15) is 5.10 Å². The van der Waals surface area contributed by atoms with Crippen molar-refractivity contribution in [1.82, 2.24) is 5.43 Å². The van der Waals surface area contributed by atoms with E-state index in [1.807, 2.05) is 6.92 Å². The number of hydrogen-bond donors (Lipinski definition) is 1. The molecule has 108 valence electrons. The second kappa shape index (κ2) is 7.22. The maximum atomic E-state index is 12.0. The van der Waals surface area contributed by atoms with E-state index in [4.69, 9.17) is 0 Å². The van der Waals surface area contributed by atoms with Crippen LogP contribution in [0, 0.1) is 5.92 Å². The SMILES string of the molecule is CCc1ccc(C(C)=NNC(=O)C2CCCCC2)cc1. The van der Waals surface area contributed by atoms with Crippen molar-refractivity contribution in [2.75, 3.05) is 0 Å². The molecule has 0 atom stereocenters. The van der Waals surface area contributed by atoms with Crippen molar-refractivity contribution >= 4 is 11.6 Å². The number of amides is 1. The zero-order valence-electron chi connectivity index (χ0n) is 12.5. The molecule has 1 aromatic rings. The van der Waals surface area contributed by atoms with Crippen molar-refractivity contribution in [3.8, 4) is 0 Å². The summed E-state index contributed by atoms with van der Waals surface area (Å²) in [7, 11) is 0. The van der Waals surface area contributed by atoms with Crippen molar-refractivity contribution < 1.29 is 4.79 Å². The predicted molar refractivity (Wildman–Crippen MR) is 82.7 cm³/mol. The zero-order chi connectivity index (χ0) is 14.4. The lowest BCUT2D eigenvalue weighted by Gasteiger charge is -2.19. The fourth-order valence-corrected chi connectivity index (χ4v) is 2.64. The van der Waals surface area contributed by atoms with Gasteiger partial charge in [-0.25, -0.2) is 5.43 Å². The molecule has 20 heavy (non-hydrogen) atoms. The second-order valence-electron chi connectivity index (χ2n) is 5.56. The van der Waals surface area contributed by atoms with Gasteiger partial charge in [0.05, 0.1) is 5.71 Å². The molecule has 1 amide bonds. The van der Waals surface area contributed by atoms with Crippen molar-refractivity contribution in [3.05, 3.63) is 35.4 Å². The van der Waals surface area contributed by atoms with Gasteiger partial charge in [0, 0.05) is 5.92 Å². The largest absolute Gasteiger partial charge is 0.273 e. The summed E-state index contributed by atoms with van der Waals surface area (Å²) in [4.78, 5) is 12.0. The van der Waals surface area contributed by atoms with Gasteiger partial charge in [-0.3, -0.25) is 4.79 Å². The summed E-state index contributed by atoms with van der Waals surface area (Å²) >= 11 is 0. The molecule has 0 unspecified atom stereocenters. The van der Waals surface area contributed by atoms with Gasteiger partial charge in [0.2, 0.25) is 5.91 Å². The maximum absolute atomic E-state index is 12.0. The van der Waals surface area contributed by atoms with Crippen LogP contribution < -0.4 is 5.43 Å². The zero-order valence-corrected chi connectivity index (χ0v) is 12.5. The van der Waals surface area contributed by atoms with Crippen LogP contribution in [0.5, 0.6) is 0 Å². The van der Waals surface area contributed by atoms with Gasteiger partial charge in [0.15, 0.2) is 0 Å². The number of rotatable bonds is 4. The van der Waals surface area contributed by atoms with Gasteiger partial charge in [-0.1, -0.05) is 50.5 Å². The van der Waals surface area contributed by atoms with E-state index >= 15 is 0 Å². The van der Waals surface area contributed by atoms with Gasteiger partial charge < -0.3 is 0 Å². The summed E-state index contributed by atoms with van der Waals surface area (Å²) in [6, 6.07) is 8.34. The molecule has 1 aromatic carbocycles. The minimum atomic E-state index is 0.0780. The molecule has 0 aliphatic heterocycles. The normalized spacial score (nSPS) is 17.0. The molecule has 3 nitrogen and oxygen atoms in total. The highest BCUT2D eigenvalue weighted by atomic mass is 16.2. The summed E-state index contributed by atoms with van der Waals surface area (Å²) in [5.41, 5.74) is 5.96. The molecule has 0 aromatic heterocycles. The van der Waals surface area contributed by atoms with E-state index in [2.05, 4.69) is 41.7 Å². The Labute approximate surface area is 121 Å². The molecule has 0 radical (unpaired) electrons. The summed E-state index contributed by atoms with van der Waals surface area (Å²) in [5.74, 6) is 0.233. The Bertz CT molecular complexity index is 470. The quantitative estimate of drug-likeness (QED) is 0.659. The fraction of sp³-hybridized carbons (Fsp3) is 0.529. The molecular weight excluding hydrogens is 248 g/mol. The number of benzene rings is 1. The van der Waals surface area contributed by atoms with E-state index in [9.17, 15) is 4.79 Å². The molecule has 3 heteroatoms. The summed E-state index contributed by atoms with van der Waals surface area (Å²) in [6.07, 6.45) is 6.64. The second-order valence-corrected chi connectivity index (χ2v) is 5.56. The number of nitrogens with one attached hydrogen (secondary N) is 1. The molecule has 0 bridgehead atoms. The van der Waals surface area contributed by atoms with E-state index in [0.29, 0.717) is 0 Å². The molecule has 1 aliphatic carbocycles. The first-order valence-corrected chi connectivity index (χ1v) is 7.64. The van der Waals surface area contributed by atoms with E-state index in [1.54, 1.807) is 0 Å². The molecule has 1 N–H and O–H groups in total. The number of hydrogen-bond acceptors (Lipinski definition) is 2. The molecule has 1 fully saturated rings. The standard InChI is InChI=1S/C17H24N2O/c1-3-14-9-11-15(12-10-14)13(2)18-19-17(20)16-7-5-4-6-8-16/h9-12,16H,3-8H2,1-2H3,(H,19,20). The van der Waals surface area contributed by atoms with E-state index in [0.717, 1.165) is 30.5 Å². The Morgan fingerprint density at radius 2 is 1.85 bits per heavy atom. The Hall–Kier alpha value is -1.64. The topological polar surface area (TPSA) is 41.5 Å². The minimum Gasteiger partial charge on any atom is -0.273 e. The predicted octanol–water partition coefficient (Wildman–Crippen LogP) is 3.67. The Morgan fingerprint density at radius 3 is 2.45 bits per heavy atom. The van der Waals surface area contributed by atoms with Crippen LogP contribution >= 0.6 is 0 Å². The van der Waals surface area contributed by atoms with Crippen LogP contribution in [-0.4, -0.2) is 11.6 Å². The average molecular weight is 272 g/mol. The maximum Gasteiger partial charge on any atom is 0.243 e. The van der Waals surface area contributed by atoms with Crippen LogP contribution in [0.25, 0.3) is 0 Å². The Morgan fingerprint density at radius 1 is 1.20 bits per heavy atom. The smallest absolute Gasteiger partial charge is 0.243 e. The van der Waals surface area contributed by atoms with Crippen LogP contribution in [0.1, 0.15) is 57.1 Å². The fourth-order valence-electron chi connectivity index (χ4n) is 2.64. The third-order valence-corrected chi connectivity index (χ3v) is 4.09. The van der Waals surface area contributed by atoms with Crippen LogP contribution in [0.15, 0.2) is 29.4 Å². The molecule has 1 aliphatic rings. The lowest BCUT2D eigenvalue weighted by atomic mass is 9.89. The van der Waals surface area contributed by atoms with Crippen LogP contribution in [0.2, 0.25) is 0 Å².